The number of benzene rings is 2. The van der Waals surface area contributed by atoms with Crippen molar-refractivity contribution in [2.24, 2.45) is 0 Å². The maximum atomic E-state index is 12.1. The van der Waals surface area contributed by atoms with Crippen molar-refractivity contribution in [3.63, 3.8) is 0 Å². The number of nitro benzene ring substituents is 1. The number of non-ortho nitro benzene ring substituents is 1. The minimum atomic E-state index is -0.539. The number of thiocarbonyl (C=S) groups is 1. The molecule has 2 aromatic carbocycles. The Morgan fingerprint density at radius 1 is 1.12 bits per heavy atom. The summed E-state index contributed by atoms with van der Waals surface area (Å²) in [5, 5.41) is 16.0. The summed E-state index contributed by atoms with van der Waals surface area (Å²) in [6.07, 6.45) is 0. The smallest absolute Gasteiger partial charge is 0.269 e. The number of anilines is 1. The van der Waals surface area contributed by atoms with E-state index in [1.54, 1.807) is 18.2 Å². The summed E-state index contributed by atoms with van der Waals surface area (Å²) in [5.41, 5.74) is 0.668. The van der Waals surface area contributed by atoms with Crippen LogP contribution in [0.2, 0.25) is 0 Å². The zero-order chi connectivity index (χ0) is 18.4. The molecular weight excluding hydrogens is 346 g/mol. The summed E-state index contributed by atoms with van der Waals surface area (Å²) >= 11 is 5.12. The van der Waals surface area contributed by atoms with Gasteiger partial charge in [0.2, 0.25) is 0 Å². The first-order valence-corrected chi connectivity index (χ1v) is 7.44. The molecule has 0 atom stereocenters. The number of nitro groups is 1. The molecular formula is C16H15N3O5S. The first kappa shape index (κ1) is 18.1. The fraction of sp³-hybridized carbons (Fsp3) is 0.125. The van der Waals surface area contributed by atoms with Crippen molar-refractivity contribution in [1.82, 2.24) is 5.32 Å². The third kappa shape index (κ3) is 4.64. The normalized spacial score (nSPS) is 9.84. The molecule has 0 saturated carbocycles. The highest BCUT2D eigenvalue weighted by molar-refractivity contribution is 7.80. The fourth-order valence-corrected chi connectivity index (χ4v) is 2.18. The van der Waals surface area contributed by atoms with Crippen LogP contribution in [0.25, 0.3) is 0 Å². The Balaban J connectivity index is 2.07. The van der Waals surface area contributed by atoms with E-state index in [4.69, 9.17) is 21.7 Å². The number of rotatable bonds is 5. The molecule has 25 heavy (non-hydrogen) atoms. The molecule has 0 saturated heterocycles. The summed E-state index contributed by atoms with van der Waals surface area (Å²) < 4.78 is 10.4. The minimum absolute atomic E-state index is 0.0508. The monoisotopic (exact) mass is 361 g/mol. The van der Waals surface area contributed by atoms with E-state index in [0.29, 0.717) is 17.2 Å². The quantitative estimate of drug-likeness (QED) is 0.479. The number of nitrogens with zero attached hydrogens (tertiary/aromatic N) is 1. The van der Waals surface area contributed by atoms with Gasteiger partial charge in [0.15, 0.2) is 5.11 Å². The van der Waals surface area contributed by atoms with Crippen LogP contribution in [0.1, 0.15) is 10.4 Å². The largest absolute Gasteiger partial charge is 0.497 e. The lowest BCUT2D eigenvalue weighted by atomic mass is 10.2. The Labute approximate surface area is 148 Å². The van der Waals surface area contributed by atoms with Crippen LogP contribution in [-0.2, 0) is 0 Å². The van der Waals surface area contributed by atoms with Crippen molar-refractivity contribution in [3.05, 3.63) is 58.1 Å². The molecule has 2 N–H and O–H groups in total. The molecule has 130 valence electrons. The molecule has 0 unspecified atom stereocenters. The number of methoxy groups -OCH3 is 2. The van der Waals surface area contributed by atoms with Crippen LogP contribution in [-0.4, -0.2) is 30.2 Å². The highest BCUT2D eigenvalue weighted by atomic mass is 32.1. The Bertz CT molecular complexity index is 808. The molecule has 8 nitrogen and oxygen atoms in total. The van der Waals surface area contributed by atoms with Crippen molar-refractivity contribution < 1.29 is 19.2 Å². The van der Waals surface area contributed by atoms with Crippen molar-refractivity contribution >= 4 is 34.6 Å². The number of carbonyl (C=O) groups is 1. The summed E-state index contributed by atoms with van der Waals surface area (Å²) in [6, 6.07) is 10.3. The van der Waals surface area contributed by atoms with Crippen molar-refractivity contribution in [2.75, 3.05) is 19.5 Å². The van der Waals surface area contributed by atoms with Crippen LogP contribution in [0.5, 0.6) is 11.5 Å². The topological polar surface area (TPSA) is 103 Å². The van der Waals surface area contributed by atoms with Crippen molar-refractivity contribution in [3.8, 4) is 11.5 Å². The van der Waals surface area contributed by atoms with E-state index in [9.17, 15) is 14.9 Å². The summed E-state index contributed by atoms with van der Waals surface area (Å²) in [5.74, 6) is 0.620. The van der Waals surface area contributed by atoms with E-state index < -0.39 is 10.8 Å². The van der Waals surface area contributed by atoms with E-state index in [2.05, 4.69) is 10.6 Å². The summed E-state index contributed by atoms with van der Waals surface area (Å²) in [6.45, 7) is 0. The van der Waals surface area contributed by atoms with Gasteiger partial charge in [-0.25, -0.2) is 0 Å². The highest BCUT2D eigenvalue weighted by Gasteiger charge is 2.12. The van der Waals surface area contributed by atoms with Gasteiger partial charge in [-0.05, 0) is 36.5 Å². The van der Waals surface area contributed by atoms with Gasteiger partial charge in [-0.15, -0.1) is 0 Å². The molecule has 0 aliphatic rings. The average molecular weight is 361 g/mol. The van der Waals surface area contributed by atoms with Crippen LogP contribution in [0, 0.1) is 10.1 Å². The van der Waals surface area contributed by atoms with E-state index in [1.807, 2.05) is 0 Å². The SMILES string of the molecule is COc1ccc(OC)c(NC(=S)NC(=O)c2ccc([N+](=O)[O-])cc2)c1. The number of carbonyl (C=O) groups excluding carboxylic acids is 1. The number of hydrogen-bond donors (Lipinski definition) is 2. The summed E-state index contributed by atoms with van der Waals surface area (Å²) in [4.78, 5) is 22.2. The van der Waals surface area contributed by atoms with Gasteiger partial charge in [0.25, 0.3) is 11.6 Å². The first-order chi connectivity index (χ1) is 11.9. The van der Waals surface area contributed by atoms with Gasteiger partial charge >= 0.3 is 0 Å². The number of nitrogens with one attached hydrogen (secondary N) is 2. The lowest BCUT2D eigenvalue weighted by Crippen LogP contribution is -2.34. The maximum Gasteiger partial charge on any atom is 0.269 e. The number of ether oxygens (including phenoxy) is 2. The molecule has 0 fully saturated rings. The second-order valence-electron chi connectivity index (χ2n) is 4.78. The predicted molar refractivity (Wildman–Crippen MR) is 96.3 cm³/mol. The average Bonchev–Trinajstić information content (AvgIpc) is 2.61. The molecule has 0 heterocycles. The Kier molecular flexibility index (Phi) is 5.85. The van der Waals surface area contributed by atoms with Crippen LogP contribution in [0.4, 0.5) is 11.4 Å². The molecule has 0 radical (unpaired) electrons. The van der Waals surface area contributed by atoms with Crippen LogP contribution >= 0.6 is 12.2 Å². The molecule has 2 aromatic rings. The van der Waals surface area contributed by atoms with Gasteiger partial charge in [-0.2, -0.15) is 0 Å². The van der Waals surface area contributed by atoms with Crippen LogP contribution in [0.15, 0.2) is 42.5 Å². The lowest BCUT2D eigenvalue weighted by Gasteiger charge is -2.14. The lowest BCUT2D eigenvalue weighted by molar-refractivity contribution is -0.384. The first-order valence-electron chi connectivity index (χ1n) is 7.03. The van der Waals surface area contributed by atoms with Gasteiger partial charge in [0, 0.05) is 23.8 Å². The third-order valence-corrected chi connectivity index (χ3v) is 3.43. The zero-order valence-electron chi connectivity index (χ0n) is 13.4. The molecule has 0 spiro atoms. The molecule has 2 rings (SSSR count). The van der Waals surface area contributed by atoms with Gasteiger partial charge in [0.05, 0.1) is 24.8 Å². The standard InChI is InChI=1S/C16H15N3O5S/c1-23-12-7-8-14(24-2)13(9-12)17-16(25)18-15(20)10-3-5-11(6-4-10)19(21)22/h3-9H,1-2H3,(H2,17,18,20,25). The molecule has 0 aromatic heterocycles. The van der Waals surface area contributed by atoms with E-state index in [0.717, 1.165) is 0 Å². The number of hydrogen-bond acceptors (Lipinski definition) is 6. The van der Waals surface area contributed by atoms with Crippen LogP contribution in [0.3, 0.4) is 0 Å². The second kappa shape index (κ2) is 8.06. The molecule has 0 aliphatic heterocycles. The fourth-order valence-electron chi connectivity index (χ4n) is 1.98. The number of amides is 1. The molecule has 9 heteroatoms. The predicted octanol–water partition coefficient (Wildman–Crippen LogP) is 2.74. The molecule has 0 bridgehead atoms. The van der Waals surface area contributed by atoms with Gasteiger partial charge < -0.3 is 14.8 Å². The molecule has 0 aliphatic carbocycles. The molecule has 1 amide bonds. The van der Waals surface area contributed by atoms with Crippen LogP contribution < -0.4 is 20.1 Å². The zero-order valence-corrected chi connectivity index (χ0v) is 14.3. The Morgan fingerprint density at radius 3 is 2.36 bits per heavy atom. The Hall–Kier alpha value is -3.20. The van der Waals surface area contributed by atoms with Gasteiger partial charge in [-0.3, -0.25) is 20.2 Å². The van der Waals surface area contributed by atoms with Crippen molar-refractivity contribution in [1.29, 1.82) is 0 Å². The van der Waals surface area contributed by atoms with E-state index in [1.165, 1.54) is 38.5 Å². The van der Waals surface area contributed by atoms with E-state index in [-0.39, 0.29) is 16.4 Å². The minimum Gasteiger partial charge on any atom is -0.497 e. The second-order valence-corrected chi connectivity index (χ2v) is 5.19. The van der Waals surface area contributed by atoms with Gasteiger partial charge in [0.1, 0.15) is 11.5 Å². The van der Waals surface area contributed by atoms with Gasteiger partial charge in [-0.1, -0.05) is 0 Å². The highest BCUT2D eigenvalue weighted by Crippen LogP contribution is 2.28. The van der Waals surface area contributed by atoms with Crippen molar-refractivity contribution in [2.45, 2.75) is 0 Å². The maximum absolute atomic E-state index is 12.1. The van der Waals surface area contributed by atoms with E-state index >= 15 is 0 Å². The summed E-state index contributed by atoms with van der Waals surface area (Å²) in [7, 11) is 3.03. The Morgan fingerprint density at radius 2 is 1.80 bits per heavy atom. The third-order valence-electron chi connectivity index (χ3n) is 3.22.